The Balaban J connectivity index is 1.38. The van der Waals surface area contributed by atoms with Gasteiger partial charge in [0.25, 0.3) is 5.91 Å². The molecule has 0 aromatic carbocycles. The zero-order valence-electron chi connectivity index (χ0n) is 16.0. The van der Waals surface area contributed by atoms with Crippen molar-refractivity contribution in [2.24, 2.45) is 0 Å². The first-order chi connectivity index (χ1) is 14.2. The maximum atomic E-state index is 12.5. The van der Waals surface area contributed by atoms with E-state index in [9.17, 15) is 4.79 Å². The number of aromatic nitrogens is 3. The van der Waals surface area contributed by atoms with Gasteiger partial charge in [-0.25, -0.2) is 4.63 Å². The highest BCUT2D eigenvalue weighted by molar-refractivity contribution is 7.15. The van der Waals surface area contributed by atoms with Crippen LogP contribution in [0.4, 0.5) is 0 Å². The first kappa shape index (κ1) is 18.3. The molecule has 0 saturated carbocycles. The molecule has 3 aromatic heterocycles. The van der Waals surface area contributed by atoms with Gasteiger partial charge in [0.1, 0.15) is 11.9 Å². The summed E-state index contributed by atoms with van der Waals surface area (Å²) in [5.41, 5.74) is 2.09. The lowest BCUT2D eigenvalue weighted by Gasteiger charge is -2.43. The van der Waals surface area contributed by atoms with E-state index in [1.165, 1.54) is 16.6 Å². The van der Waals surface area contributed by atoms with E-state index in [1.807, 2.05) is 12.1 Å². The fourth-order valence-electron chi connectivity index (χ4n) is 4.10. The topological polar surface area (TPSA) is 90.6 Å². The molecule has 1 fully saturated rings. The first-order valence-corrected chi connectivity index (χ1v) is 10.3. The van der Waals surface area contributed by atoms with Gasteiger partial charge in [-0.1, -0.05) is 5.16 Å². The molecule has 2 aliphatic heterocycles. The maximum absolute atomic E-state index is 12.5. The minimum Gasteiger partial charge on any atom is -0.495 e. The number of hydrogen-bond acceptors (Lipinski definition) is 8. The fraction of sp³-hybridized carbons (Fsp3) is 0.400. The van der Waals surface area contributed by atoms with Gasteiger partial charge < -0.3 is 14.4 Å². The quantitative estimate of drug-likeness (QED) is 0.653. The van der Waals surface area contributed by atoms with Crippen molar-refractivity contribution in [3.63, 3.8) is 0 Å². The Kier molecular flexibility index (Phi) is 4.56. The molecule has 5 heterocycles. The van der Waals surface area contributed by atoms with Crippen LogP contribution < -0.4 is 4.74 Å². The number of likely N-dealkylation sites (tertiary alicyclic amines) is 1. The second kappa shape index (κ2) is 7.23. The molecule has 0 unspecified atom stereocenters. The van der Waals surface area contributed by atoms with E-state index in [1.54, 1.807) is 29.5 Å². The predicted molar refractivity (Wildman–Crippen MR) is 105 cm³/mol. The molecule has 0 aliphatic carbocycles. The number of pyridine rings is 1. The van der Waals surface area contributed by atoms with E-state index in [4.69, 9.17) is 9.47 Å². The number of nitrogens with zero attached hydrogens (tertiary/aromatic N) is 4. The van der Waals surface area contributed by atoms with E-state index in [0.717, 1.165) is 35.6 Å². The highest BCUT2D eigenvalue weighted by Crippen LogP contribution is 2.46. The average Bonchev–Trinajstić information content (AvgIpc) is 3.45. The van der Waals surface area contributed by atoms with E-state index < -0.39 is 0 Å². The summed E-state index contributed by atoms with van der Waals surface area (Å²) in [6.07, 6.45) is 5.51. The normalized spacial score (nSPS) is 17.9. The molecule has 1 saturated heterocycles. The van der Waals surface area contributed by atoms with Crippen molar-refractivity contribution in [2.45, 2.75) is 24.9 Å². The van der Waals surface area contributed by atoms with Crippen molar-refractivity contribution in [3.05, 3.63) is 46.7 Å². The third kappa shape index (κ3) is 3.20. The summed E-state index contributed by atoms with van der Waals surface area (Å²) in [6, 6.07) is 6.13. The summed E-state index contributed by atoms with van der Waals surface area (Å²) < 4.78 is 16.1. The number of hydrogen-bond donors (Lipinski definition) is 0. The molecule has 0 radical (unpaired) electrons. The van der Waals surface area contributed by atoms with Gasteiger partial charge in [0.2, 0.25) is 0 Å². The van der Waals surface area contributed by atoms with Gasteiger partial charge in [-0.2, -0.15) is 0 Å². The van der Waals surface area contributed by atoms with Crippen LogP contribution in [0.1, 0.15) is 33.8 Å². The van der Waals surface area contributed by atoms with Crippen molar-refractivity contribution in [1.29, 1.82) is 0 Å². The number of carbonyl (C=O) groups is 1. The van der Waals surface area contributed by atoms with Crippen molar-refractivity contribution in [1.82, 2.24) is 20.2 Å². The Morgan fingerprint density at radius 3 is 2.83 bits per heavy atom. The number of rotatable bonds is 3. The lowest BCUT2D eigenvalue weighted by atomic mass is 9.82. The van der Waals surface area contributed by atoms with Crippen molar-refractivity contribution in [2.75, 3.05) is 26.8 Å². The number of amides is 1. The van der Waals surface area contributed by atoms with E-state index in [0.29, 0.717) is 19.7 Å². The molecule has 150 valence electrons. The molecule has 1 amide bonds. The summed E-state index contributed by atoms with van der Waals surface area (Å²) in [5.74, 6) is 0.597. The number of piperidine rings is 1. The number of methoxy groups -OCH3 is 1. The number of fused-ring (bicyclic) bond motifs is 2. The summed E-state index contributed by atoms with van der Waals surface area (Å²) >= 11 is 1.78. The molecule has 3 aromatic rings. The van der Waals surface area contributed by atoms with Crippen LogP contribution in [-0.4, -0.2) is 52.9 Å². The van der Waals surface area contributed by atoms with Crippen molar-refractivity contribution in [3.8, 4) is 16.3 Å². The minimum absolute atomic E-state index is 0.148. The number of ether oxygens (including phenoxy) is 2. The largest absolute Gasteiger partial charge is 0.495 e. The van der Waals surface area contributed by atoms with Gasteiger partial charge >= 0.3 is 0 Å². The zero-order chi connectivity index (χ0) is 19.8. The molecule has 0 atom stereocenters. The van der Waals surface area contributed by atoms with Gasteiger partial charge in [-0.15, -0.1) is 11.3 Å². The van der Waals surface area contributed by atoms with Crippen LogP contribution >= 0.6 is 11.3 Å². The van der Waals surface area contributed by atoms with Crippen molar-refractivity contribution < 1.29 is 18.9 Å². The van der Waals surface area contributed by atoms with E-state index in [2.05, 4.69) is 26.0 Å². The second-order valence-corrected chi connectivity index (χ2v) is 8.35. The molecule has 9 heteroatoms. The Labute approximate surface area is 171 Å². The first-order valence-electron chi connectivity index (χ1n) is 9.53. The molecule has 0 bridgehead atoms. The average molecular weight is 412 g/mol. The van der Waals surface area contributed by atoms with Gasteiger partial charge in [-0.05, 0) is 41.8 Å². The van der Waals surface area contributed by atoms with Crippen molar-refractivity contribution >= 4 is 17.2 Å². The van der Waals surface area contributed by atoms with Crippen LogP contribution in [-0.2, 0) is 16.8 Å². The minimum atomic E-state index is -0.340. The van der Waals surface area contributed by atoms with E-state index in [-0.39, 0.29) is 17.2 Å². The predicted octanol–water partition coefficient (Wildman–Crippen LogP) is 2.91. The van der Waals surface area contributed by atoms with Crippen LogP contribution in [0.2, 0.25) is 0 Å². The smallest absolute Gasteiger partial charge is 0.277 e. The Morgan fingerprint density at radius 2 is 2.14 bits per heavy atom. The van der Waals surface area contributed by atoms with Crippen LogP contribution in [0, 0.1) is 0 Å². The molecular formula is C20H20N4O4S. The van der Waals surface area contributed by atoms with Gasteiger partial charge in [0.05, 0.1) is 36.1 Å². The van der Waals surface area contributed by atoms with Crippen LogP contribution in [0.15, 0.2) is 35.2 Å². The summed E-state index contributed by atoms with van der Waals surface area (Å²) in [7, 11) is 1.64. The molecule has 8 nitrogen and oxygen atoms in total. The Morgan fingerprint density at radius 1 is 1.28 bits per heavy atom. The monoisotopic (exact) mass is 412 g/mol. The molecule has 1 spiro atoms. The second-order valence-electron chi connectivity index (χ2n) is 7.21. The summed E-state index contributed by atoms with van der Waals surface area (Å²) in [5, 5.41) is 7.18. The number of thiophene rings is 1. The molecule has 5 rings (SSSR count). The molecular weight excluding hydrogens is 392 g/mol. The van der Waals surface area contributed by atoms with Gasteiger partial charge in [0.15, 0.2) is 5.69 Å². The van der Waals surface area contributed by atoms with Crippen LogP contribution in [0.5, 0.6) is 5.75 Å². The maximum Gasteiger partial charge on any atom is 0.277 e. The standard InChI is InChI=1S/C20H20N4O4S/c1-26-13-2-3-15(21-11-13)18-10-14-17(29-18)4-9-27-20(14)5-7-24(8-6-20)19(25)16-12-22-28-23-16/h2-3,10-12H,4-9H2,1H3. The highest BCUT2D eigenvalue weighted by Gasteiger charge is 2.43. The Hall–Kier alpha value is -2.78. The number of carbonyl (C=O) groups excluding carboxylic acids is 1. The third-order valence-corrected chi connectivity index (χ3v) is 6.89. The molecule has 0 N–H and O–H groups in total. The van der Waals surface area contributed by atoms with Crippen LogP contribution in [0.25, 0.3) is 10.6 Å². The fourth-order valence-corrected chi connectivity index (χ4v) is 5.30. The third-order valence-electron chi connectivity index (χ3n) is 5.67. The van der Waals surface area contributed by atoms with Gasteiger partial charge in [-0.3, -0.25) is 9.78 Å². The summed E-state index contributed by atoms with van der Waals surface area (Å²) in [4.78, 5) is 21.3. The van der Waals surface area contributed by atoms with E-state index >= 15 is 0 Å². The molecule has 29 heavy (non-hydrogen) atoms. The lowest BCUT2D eigenvalue weighted by molar-refractivity contribution is -0.0926. The summed E-state index contributed by atoms with van der Waals surface area (Å²) in [6.45, 7) is 1.92. The lowest BCUT2D eigenvalue weighted by Crippen LogP contribution is -2.48. The van der Waals surface area contributed by atoms with Gasteiger partial charge in [0, 0.05) is 24.4 Å². The SMILES string of the molecule is COc1ccc(-c2cc3c(s2)CCOC32CCN(C(=O)c3cnon3)CC2)nc1. The highest BCUT2D eigenvalue weighted by atomic mass is 32.1. The Bertz CT molecular complexity index is 1010. The van der Waals surface area contributed by atoms with Crippen LogP contribution in [0.3, 0.4) is 0 Å². The molecule has 2 aliphatic rings. The zero-order valence-corrected chi connectivity index (χ0v) is 16.8.